The topological polar surface area (TPSA) is 40.6 Å². The molecule has 128 valence electrons. The third kappa shape index (κ3) is 4.30. The van der Waals surface area contributed by atoms with Crippen LogP contribution in [0.2, 0.25) is 0 Å². The molecular formula is C14H22N2O2P2S3. The number of amides is 2. The molecular weight excluding hydrogens is 386 g/mol. The van der Waals surface area contributed by atoms with Gasteiger partial charge in [0.25, 0.3) is 0 Å². The van der Waals surface area contributed by atoms with Crippen LogP contribution in [0.1, 0.15) is 12.8 Å². The molecule has 2 fully saturated rings. The third-order valence-corrected chi connectivity index (χ3v) is 8.02. The molecule has 2 amide bonds. The van der Waals surface area contributed by atoms with Crippen LogP contribution >= 0.6 is 42.0 Å². The third-order valence-electron chi connectivity index (χ3n) is 4.10. The highest BCUT2D eigenvalue weighted by atomic mass is 32.2. The summed E-state index contributed by atoms with van der Waals surface area (Å²) in [6, 6.07) is 0. The molecule has 23 heavy (non-hydrogen) atoms. The molecule has 2 saturated heterocycles. The monoisotopic (exact) mass is 408 g/mol. The van der Waals surface area contributed by atoms with Gasteiger partial charge < -0.3 is 23.3 Å². The summed E-state index contributed by atoms with van der Waals surface area (Å²) < 4.78 is 0. The summed E-state index contributed by atoms with van der Waals surface area (Å²) in [7, 11) is 3.90. The average Bonchev–Trinajstić information content (AvgIpc) is 2.54. The first-order valence-electron chi connectivity index (χ1n) is 7.45. The second-order valence-electron chi connectivity index (χ2n) is 5.62. The van der Waals surface area contributed by atoms with Gasteiger partial charge in [0.2, 0.25) is 11.8 Å². The van der Waals surface area contributed by atoms with Gasteiger partial charge in [-0.05, 0) is 29.6 Å². The van der Waals surface area contributed by atoms with Gasteiger partial charge in [-0.15, -0.1) is 23.5 Å². The van der Waals surface area contributed by atoms with E-state index in [1.807, 2.05) is 64.2 Å². The van der Waals surface area contributed by atoms with Crippen molar-refractivity contribution >= 4 is 67.3 Å². The molecule has 0 radical (unpaired) electrons. The number of fused-ring (bicyclic) bond motifs is 2. The van der Waals surface area contributed by atoms with Gasteiger partial charge >= 0.3 is 0 Å². The van der Waals surface area contributed by atoms with Gasteiger partial charge in [-0.1, -0.05) is 0 Å². The molecule has 0 aromatic heterocycles. The van der Waals surface area contributed by atoms with Gasteiger partial charge in [0.05, 0.1) is 35.9 Å². The highest BCUT2D eigenvalue weighted by Crippen LogP contribution is 2.36. The molecule has 0 bridgehead atoms. The Morgan fingerprint density at radius 1 is 0.913 bits per heavy atom. The van der Waals surface area contributed by atoms with Crippen LogP contribution in [0.15, 0.2) is 23.5 Å². The van der Waals surface area contributed by atoms with E-state index in [0.29, 0.717) is 10.7 Å². The number of carbonyl (C=O) groups is 2. The number of carbonyl (C=O) groups excluding carboxylic acids is 2. The van der Waals surface area contributed by atoms with Crippen molar-refractivity contribution < 1.29 is 9.59 Å². The molecule has 0 spiro atoms. The Kier molecular flexibility index (Phi) is 7.37. The maximum Gasteiger partial charge on any atom is 0.230 e. The summed E-state index contributed by atoms with van der Waals surface area (Å²) in [5, 5.41) is 0.947. The number of thioether (sulfide) groups is 2. The lowest BCUT2D eigenvalue weighted by molar-refractivity contribution is -0.138. The fraction of sp³-hybridized carbons (Fsp3) is 0.571. The molecule has 4 atom stereocenters. The van der Waals surface area contributed by atoms with Gasteiger partial charge in [-0.3, -0.25) is 9.59 Å². The van der Waals surface area contributed by atoms with Crippen molar-refractivity contribution in [2.75, 3.05) is 23.8 Å². The van der Waals surface area contributed by atoms with Crippen molar-refractivity contribution in [3.8, 4) is 0 Å². The molecule has 4 aliphatic rings. The predicted octanol–water partition coefficient (Wildman–Crippen LogP) is 1.56. The highest BCUT2D eigenvalue weighted by molar-refractivity contribution is 8.00. The second kappa shape index (κ2) is 8.62. The average molecular weight is 408 g/mol. The van der Waals surface area contributed by atoms with Crippen LogP contribution in [0.25, 0.3) is 0 Å². The zero-order chi connectivity index (χ0) is 15.7. The maximum absolute atomic E-state index is 11.0. The molecule has 2 unspecified atom stereocenters. The Hall–Kier alpha value is 0.330. The SMILES string of the molecule is O=C1C[C@@H]2SCC(C[PH3+])=CN12.O=C1C[C@@H]2SCC(C[PH3+])=CN12.[S-2]. The van der Waals surface area contributed by atoms with E-state index in [0.717, 1.165) is 36.7 Å². The summed E-state index contributed by atoms with van der Waals surface area (Å²) in [5.74, 6) is 2.82. The summed E-state index contributed by atoms with van der Waals surface area (Å²) in [6.07, 6.45) is 7.79. The van der Waals surface area contributed by atoms with Crippen LogP contribution in [-0.2, 0) is 23.1 Å². The lowest BCUT2D eigenvalue weighted by atomic mass is 10.2. The summed E-state index contributed by atoms with van der Waals surface area (Å²) in [5.41, 5.74) is 2.80. The normalized spacial score (nSPS) is 28.2. The van der Waals surface area contributed by atoms with Crippen molar-refractivity contribution in [2.45, 2.75) is 23.6 Å². The molecule has 9 heteroatoms. The Morgan fingerprint density at radius 2 is 1.30 bits per heavy atom. The van der Waals surface area contributed by atoms with Crippen molar-refractivity contribution in [1.82, 2.24) is 9.80 Å². The van der Waals surface area contributed by atoms with E-state index in [1.54, 1.807) is 0 Å². The van der Waals surface area contributed by atoms with Crippen LogP contribution in [0.3, 0.4) is 0 Å². The van der Waals surface area contributed by atoms with E-state index in [1.165, 1.54) is 11.1 Å². The Labute approximate surface area is 157 Å². The summed E-state index contributed by atoms with van der Waals surface area (Å²) in [4.78, 5) is 25.7. The standard InChI is InChI=1S/2C7H10NOPS.S/c2*9-6-1-7-8(6)2-5(3-10)4-11-7;/h2*2,7H,1,3-4,10H2;/q;;-2/p+2/t2*7-;/m00./s1. The van der Waals surface area contributed by atoms with E-state index < -0.39 is 0 Å². The van der Waals surface area contributed by atoms with E-state index in [4.69, 9.17) is 0 Å². The maximum atomic E-state index is 11.0. The first kappa shape index (κ1) is 19.7. The molecule has 4 rings (SSSR count). The van der Waals surface area contributed by atoms with Crippen LogP contribution in [0, 0.1) is 0 Å². The number of hydrogen-bond acceptors (Lipinski definition) is 4. The van der Waals surface area contributed by atoms with Crippen LogP contribution in [0.4, 0.5) is 0 Å². The van der Waals surface area contributed by atoms with E-state index in [2.05, 4.69) is 0 Å². The van der Waals surface area contributed by atoms with E-state index in [9.17, 15) is 9.59 Å². The van der Waals surface area contributed by atoms with Crippen LogP contribution in [-0.4, -0.2) is 56.2 Å². The molecule has 0 N–H and O–H groups in total. The van der Waals surface area contributed by atoms with Crippen LogP contribution < -0.4 is 0 Å². The number of nitrogens with zero attached hydrogens (tertiary/aromatic N) is 2. The zero-order valence-electron chi connectivity index (χ0n) is 12.9. The van der Waals surface area contributed by atoms with Crippen molar-refractivity contribution in [1.29, 1.82) is 0 Å². The highest BCUT2D eigenvalue weighted by Gasteiger charge is 2.38. The smallest absolute Gasteiger partial charge is 0.230 e. The first-order chi connectivity index (χ1) is 10.6. The number of rotatable bonds is 2. The van der Waals surface area contributed by atoms with E-state index in [-0.39, 0.29) is 25.3 Å². The molecule has 4 heterocycles. The predicted molar refractivity (Wildman–Crippen MR) is 111 cm³/mol. The summed E-state index contributed by atoms with van der Waals surface area (Å²) >= 11 is 3.78. The summed E-state index contributed by atoms with van der Waals surface area (Å²) in [6.45, 7) is 0. The van der Waals surface area contributed by atoms with Gasteiger partial charge in [-0.2, -0.15) is 0 Å². The minimum atomic E-state index is 0. The lowest BCUT2D eigenvalue weighted by Crippen LogP contribution is -2.49. The fourth-order valence-corrected chi connectivity index (χ4v) is 6.11. The van der Waals surface area contributed by atoms with Gasteiger partial charge in [0.1, 0.15) is 0 Å². The quantitative estimate of drug-likeness (QED) is 0.514. The number of β-lactam (4-membered cyclic amide) rings is 2. The lowest BCUT2D eigenvalue weighted by Gasteiger charge is -2.40. The van der Waals surface area contributed by atoms with Crippen molar-refractivity contribution in [2.24, 2.45) is 0 Å². The molecule has 0 aromatic rings. The Bertz CT molecular complexity index is 508. The second-order valence-corrected chi connectivity index (χ2v) is 8.95. The minimum Gasteiger partial charge on any atom is -2.00 e. The molecule has 0 aromatic carbocycles. The Balaban J connectivity index is 0.000000160. The fourth-order valence-electron chi connectivity index (χ4n) is 2.54. The Morgan fingerprint density at radius 3 is 1.61 bits per heavy atom. The zero-order valence-corrected chi connectivity index (χ0v) is 18.2. The van der Waals surface area contributed by atoms with Gasteiger partial charge in [0.15, 0.2) is 0 Å². The van der Waals surface area contributed by atoms with Crippen molar-refractivity contribution in [3.63, 3.8) is 0 Å². The minimum absolute atomic E-state index is 0. The van der Waals surface area contributed by atoms with Crippen molar-refractivity contribution in [3.05, 3.63) is 23.5 Å². The van der Waals surface area contributed by atoms with Crippen LogP contribution in [0.5, 0.6) is 0 Å². The molecule has 0 aliphatic carbocycles. The van der Waals surface area contributed by atoms with Gasteiger partial charge in [0, 0.05) is 23.9 Å². The molecule has 0 saturated carbocycles. The van der Waals surface area contributed by atoms with E-state index >= 15 is 0 Å². The number of hydrogen-bond donors (Lipinski definition) is 0. The largest absolute Gasteiger partial charge is 2.00 e. The molecule has 4 nitrogen and oxygen atoms in total. The van der Waals surface area contributed by atoms with Gasteiger partial charge in [-0.25, -0.2) is 0 Å². The molecule has 4 aliphatic heterocycles. The first-order valence-corrected chi connectivity index (χ1v) is 11.5.